The highest BCUT2D eigenvalue weighted by Gasteiger charge is 1.97. The monoisotopic (exact) mass is 122 g/mol. The van der Waals surface area contributed by atoms with E-state index >= 15 is 0 Å². The Morgan fingerprint density at radius 1 is 1.67 bits per heavy atom. The Labute approximate surface area is 60.5 Å². The molecule has 1 unspecified atom stereocenters. The lowest BCUT2D eigenvalue weighted by Gasteiger charge is -2.06. The van der Waals surface area contributed by atoms with Crippen LogP contribution in [0.2, 0.25) is 5.82 Å². The van der Waals surface area contributed by atoms with Crippen LogP contribution in [0.4, 0.5) is 0 Å². The van der Waals surface area contributed by atoms with Gasteiger partial charge in [0, 0.05) is 0 Å². The summed E-state index contributed by atoms with van der Waals surface area (Å²) >= 11 is 0. The zero-order valence-electron chi connectivity index (χ0n) is 7.07. The SMILES string of the molecule is B/C(=C/C)CC(B)CC. The van der Waals surface area contributed by atoms with Gasteiger partial charge in [-0.15, -0.1) is 5.47 Å². The van der Waals surface area contributed by atoms with E-state index in [1.165, 1.54) is 18.3 Å². The second-order valence-electron chi connectivity index (χ2n) is 2.85. The molecule has 50 valence electrons. The Morgan fingerprint density at radius 2 is 2.22 bits per heavy atom. The third-order valence-electron chi connectivity index (χ3n) is 1.86. The molecule has 0 aromatic carbocycles. The molecular weight excluding hydrogens is 106 g/mol. The van der Waals surface area contributed by atoms with Gasteiger partial charge in [-0.05, 0) is 13.3 Å². The van der Waals surface area contributed by atoms with Crippen LogP contribution in [-0.4, -0.2) is 15.7 Å². The summed E-state index contributed by atoms with van der Waals surface area (Å²) < 4.78 is 0. The van der Waals surface area contributed by atoms with E-state index < -0.39 is 0 Å². The summed E-state index contributed by atoms with van der Waals surface area (Å²) in [5, 5.41) is 0. The molecule has 0 saturated heterocycles. The Kier molecular flexibility index (Phi) is 4.65. The molecule has 0 aromatic heterocycles. The van der Waals surface area contributed by atoms with E-state index in [0.717, 1.165) is 5.82 Å². The van der Waals surface area contributed by atoms with Gasteiger partial charge in [-0.3, -0.25) is 0 Å². The zero-order valence-corrected chi connectivity index (χ0v) is 7.07. The highest BCUT2D eigenvalue weighted by molar-refractivity contribution is 6.22. The summed E-state index contributed by atoms with van der Waals surface area (Å²) in [7, 11) is 4.50. The van der Waals surface area contributed by atoms with Gasteiger partial charge < -0.3 is 0 Å². The summed E-state index contributed by atoms with van der Waals surface area (Å²) in [4.78, 5) is 0. The molecule has 0 rings (SSSR count). The van der Waals surface area contributed by atoms with Crippen LogP contribution in [0.1, 0.15) is 26.7 Å². The van der Waals surface area contributed by atoms with Crippen molar-refractivity contribution in [1.29, 1.82) is 0 Å². The predicted octanol–water partition coefficient (Wildman–Crippen LogP) is 0.745. The lowest BCUT2D eigenvalue weighted by molar-refractivity contribution is 0.802. The molecule has 0 aliphatic carbocycles. The molecule has 9 heavy (non-hydrogen) atoms. The van der Waals surface area contributed by atoms with Crippen LogP contribution in [0, 0.1) is 0 Å². The van der Waals surface area contributed by atoms with Gasteiger partial charge in [0.25, 0.3) is 0 Å². The highest BCUT2D eigenvalue weighted by atomic mass is 13.9. The Bertz CT molecular complexity index is 97.1. The van der Waals surface area contributed by atoms with Crippen molar-refractivity contribution in [3.05, 3.63) is 11.5 Å². The van der Waals surface area contributed by atoms with Gasteiger partial charge in [0.2, 0.25) is 0 Å². The summed E-state index contributed by atoms with van der Waals surface area (Å²) in [6.07, 6.45) is 4.77. The molecule has 0 amide bonds. The normalized spacial score (nSPS) is 15.6. The second-order valence-corrected chi connectivity index (χ2v) is 2.85. The predicted molar refractivity (Wildman–Crippen MR) is 49.5 cm³/mol. The topological polar surface area (TPSA) is 0 Å². The molecule has 0 radical (unpaired) electrons. The van der Waals surface area contributed by atoms with Crippen LogP contribution < -0.4 is 0 Å². The number of hydrogen-bond donors (Lipinski definition) is 0. The molecule has 0 aliphatic rings. The largest absolute Gasteiger partial charge is 0.133 e. The van der Waals surface area contributed by atoms with E-state index in [0.29, 0.717) is 0 Å². The van der Waals surface area contributed by atoms with Gasteiger partial charge in [0.1, 0.15) is 15.7 Å². The molecule has 0 nitrogen and oxygen atoms in total. The summed E-state index contributed by atoms with van der Waals surface area (Å²) in [5.74, 6) is 0.862. The first-order valence-electron chi connectivity index (χ1n) is 3.82. The first kappa shape index (κ1) is 8.87. The third kappa shape index (κ3) is 4.38. The third-order valence-corrected chi connectivity index (χ3v) is 1.86. The summed E-state index contributed by atoms with van der Waals surface area (Å²) in [6, 6.07) is 0. The maximum absolute atomic E-state index is 2.30. The molecule has 0 N–H and O–H groups in total. The van der Waals surface area contributed by atoms with Gasteiger partial charge >= 0.3 is 0 Å². The highest BCUT2D eigenvalue weighted by Crippen LogP contribution is 2.14. The lowest BCUT2D eigenvalue weighted by Crippen LogP contribution is -1.92. The second kappa shape index (κ2) is 4.72. The van der Waals surface area contributed by atoms with E-state index in [1.54, 1.807) is 0 Å². The fourth-order valence-electron chi connectivity index (χ4n) is 0.812. The molecule has 2 heteroatoms. The van der Waals surface area contributed by atoms with Crippen molar-refractivity contribution < 1.29 is 0 Å². The molecular formula is C7H16B2. The molecule has 0 bridgehead atoms. The van der Waals surface area contributed by atoms with Crippen molar-refractivity contribution in [3.8, 4) is 0 Å². The Morgan fingerprint density at radius 3 is 2.56 bits per heavy atom. The van der Waals surface area contributed by atoms with Crippen LogP contribution in [0.15, 0.2) is 11.5 Å². The van der Waals surface area contributed by atoms with E-state index in [9.17, 15) is 0 Å². The Balaban J connectivity index is 3.47. The molecule has 0 aliphatic heterocycles. The van der Waals surface area contributed by atoms with Gasteiger partial charge in [0.05, 0.1) is 0 Å². The van der Waals surface area contributed by atoms with Gasteiger partial charge in [-0.1, -0.05) is 25.2 Å². The average molecular weight is 122 g/mol. The number of allylic oxidation sites excluding steroid dienone is 2. The first-order valence-corrected chi connectivity index (χ1v) is 3.82. The smallest absolute Gasteiger partial charge is 0.115 e. The van der Waals surface area contributed by atoms with E-state index in [1.807, 2.05) is 0 Å². The maximum atomic E-state index is 2.30. The molecule has 0 fully saturated rings. The fraction of sp³-hybridized carbons (Fsp3) is 0.714. The number of rotatable bonds is 3. The summed E-state index contributed by atoms with van der Waals surface area (Å²) in [6.45, 7) is 4.35. The van der Waals surface area contributed by atoms with E-state index in [4.69, 9.17) is 0 Å². The minimum atomic E-state index is 0.862. The van der Waals surface area contributed by atoms with E-state index in [-0.39, 0.29) is 0 Å². The first-order chi connectivity index (χ1) is 4.20. The quantitative estimate of drug-likeness (QED) is 0.484. The average Bonchev–Trinajstić information content (AvgIpc) is 1.87. The van der Waals surface area contributed by atoms with Gasteiger partial charge in [0.15, 0.2) is 0 Å². The van der Waals surface area contributed by atoms with Crippen molar-refractivity contribution in [2.75, 3.05) is 0 Å². The van der Waals surface area contributed by atoms with Crippen LogP contribution in [0.5, 0.6) is 0 Å². The van der Waals surface area contributed by atoms with Crippen molar-refractivity contribution in [3.63, 3.8) is 0 Å². The fourth-order valence-corrected chi connectivity index (χ4v) is 0.812. The van der Waals surface area contributed by atoms with Crippen LogP contribution in [0.25, 0.3) is 0 Å². The van der Waals surface area contributed by atoms with Crippen LogP contribution in [0.3, 0.4) is 0 Å². The number of hydrogen-bond acceptors (Lipinski definition) is 0. The van der Waals surface area contributed by atoms with Crippen molar-refractivity contribution in [2.24, 2.45) is 0 Å². The minimum absolute atomic E-state index is 0.862. The molecule has 1 atom stereocenters. The molecule has 0 spiro atoms. The molecule has 0 saturated carbocycles. The molecule has 0 heterocycles. The molecule has 0 aromatic rings. The minimum Gasteiger partial charge on any atom is -0.115 e. The standard InChI is InChI=1S/C7H16B2/c1-3-6(8)5-7(9)4-2/h3,7H,4-5,8-9H2,1-2H3/b6-3+. The van der Waals surface area contributed by atoms with Gasteiger partial charge in [-0.2, -0.15) is 0 Å². The van der Waals surface area contributed by atoms with Gasteiger partial charge in [-0.25, -0.2) is 0 Å². The lowest BCUT2D eigenvalue weighted by atomic mass is 9.75. The maximum Gasteiger partial charge on any atom is 0.133 e. The Hall–Kier alpha value is -0.130. The van der Waals surface area contributed by atoms with Crippen molar-refractivity contribution in [1.82, 2.24) is 0 Å². The van der Waals surface area contributed by atoms with Crippen LogP contribution in [-0.2, 0) is 0 Å². The van der Waals surface area contributed by atoms with E-state index in [2.05, 4.69) is 35.6 Å². The van der Waals surface area contributed by atoms with Crippen molar-refractivity contribution >= 4 is 15.7 Å². The van der Waals surface area contributed by atoms with Crippen LogP contribution >= 0.6 is 0 Å². The van der Waals surface area contributed by atoms with Crippen molar-refractivity contribution in [2.45, 2.75) is 32.5 Å². The summed E-state index contributed by atoms with van der Waals surface area (Å²) in [5.41, 5.74) is 1.52. The zero-order chi connectivity index (χ0) is 7.28.